The van der Waals surface area contributed by atoms with Crippen LogP contribution in [0.4, 0.5) is 0 Å². The van der Waals surface area contributed by atoms with Crippen molar-refractivity contribution in [2.45, 2.75) is 25.3 Å². The highest BCUT2D eigenvalue weighted by Gasteiger charge is 2.45. The van der Waals surface area contributed by atoms with Crippen LogP contribution in [-0.2, 0) is 14.4 Å². The van der Waals surface area contributed by atoms with E-state index in [1.165, 1.54) is 0 Å². The third-order valence-corrected chi connectivity index (χ3v) is 5.01. The van der Waals surface area contributed by atoms with Crippen molar-refractivity contribution in [3.63, 3.8) is 0 Å². The second kappa shape index (κ2) is 6.59. The van der Waals surface area contributed by atoms with Crippen molar-refractivity contribution in [2.75, 3.05) is 20.1 Å². The standard InChI is InChI=1S/C17H21N3O4/c1-19-14(21)8-13(15(19)11-4-2-6-18-9-11)16(22)20-7-3-5-12(10-20)17(23)24/h2,4,6,9,12-13,15H,3,5,7-8,10H2,1H3,(H,23,24). The molecule has 2 aliphatic heterocycles. The van der Waals surface area contributed by atoms with Crippen molar-refractivity contribution in [2.24, 2.45) is 11.8 Å². The summed E-state index contributed by atoms with van der Waals surface area (Å²) in [5, 5.41) is 9.21. The Morgan fingerprint density at radius 1 is 1.38 bits per heavy atom. The molecular formula is C17H21N3O4. The number of nitrogens with zero attached hydrogens (tertiary/aromatic N) is 3. The van der Waals surface area contributed by atoms with Gasteiger partial charge in [-0.15, -0.1) is 0 Å². The zero-order valence-electron chi connectivity index (χ0n) is 13.6. The first-order valence-corrected chi connectivity index (χ1v) is 8.16. The lowest BCUT2D eigenvalue weighted by molar-refractivity contribution is -0.147. The minimum Gasteiger partial charge on any atom is -0.481 e. The summed E-state index contributed by atoms with van der Waals surface area (Å²) in [6.45, 7) is 0.777. The number of carboxylic acid groups (broad SMARTS) is 1. The number of rotatable bonds is 3. The maximum absolute atomic E-state index is 13.0. The normalized spacial score (nSPS) is 27.4. The smallest absolute Gasteiger partial charge is 0.308 e. The number of aliphatic carboxylic acids is 1. The van der Waals surface area contributed by atoms with Gasteiger partial charge in [0.05, 0.1) is 17.9 Å². The summed E-state index contributed by atoms with van der Waals surface area (Å²) in [5.74, 6) is -2.08. The van der Waals surface area contributed by atoms with Gasteiger partial charge in [-0.2, -0.15) is 0 Å². The van der Waals surface area contributed by atoms with Gasteiger partial charge in [-0.25, -0.2) is 0 Å². The second-order valence-electron chi connectivity index (χ2n) is 6.51. The number of hydrogen-bond acceptors (Lipinski definition) is 4. The molecule has 0 aliphatic carbocycles. The maximum atomic E-state index is 13.0. The van der Waals surface area contributed by atoms with Gasteiger partial charge in [-0.05, 0) is 24.5 Å². The van der Waals surface area contributed by atoms with Crippen molar-refractivity contribution in [1.29, 1.82) is 0 Å². The Balaban J connectivity index is 1.82. The van der Waals surface area contributed by atoms with Gasteiger partial charge < -0.3 is 14.9 Å². The first kappa shape index (κ1) is 16.4. The van der Waals surface area contributed by atoms with E-state index in [0.29, 0.717) is 19.4 Å². The van der Waals surface area contributed by atoms with Gasteiger partial charge in [0.25, 0.3) is 0 Å². The van der Waals surface area contributed by atoms with Crippen LogP contribution in [0.25, 0.3) is 0 Å². The van der Waals surface area contributed by atoms with Crippen molar-refractivity contribution >= 4 is 17.8 Å². The highest BCUT2D eigenvalue weighted by Crippen LogP contribution is 2.38. The minimum absolute atomic E-state index is 0.0750. The summed E-state index contributed by atoms with van der Waals surface area (Å²) in [6.07, 6.45) is 4.75. The van der Waals surface area contributed by atoms with Crippen molar-refractivity contribution in [3.05, 3.63) is 30.1 Å². The predicted molar refractivity (Wildman–Crippen MR) is 84.8 cm³/mol. The highest BCUT2D eigenvalue weighted by atomic mass is 16.4. The molecule has 3 atom stereocenters. The highest BCUT2D eigenvalue weighted by molar-refractivity contribution is 5.90. The molecule has 2 saturated heterocycles. The van der Waals surface area contributed by atoms with Crippen LogP contribution < -0.4 is 0 Å². The Morgan fingerprint density at radius 2 is 2.17 bits per heavy atom. The lowest BCUT2D eigenvalue weighted by Crippen LogP contribution is -2.45. The van der Waals surface area contributed by atoms with E-state index < -0.39 is 17.8 Å². The molecule has 0 saturated carbocycles. The van der Waals surface area contributed by atoms with Gasteiger partial charge in [0, 0.05) is 39.0 Å². The van der Waals surface area contributed by atoms with E-state index in [4.69, 9.17) is 0 Å². The molecule has 3 rings (SSSR count). The Bertz CT molecular complexity index is 648. The molecule has 0 spiro atoms. The summed E-state index contributed by atoms with van der Waals surface area (Å²) in [6, 6.07) is 3.31. The van der Waals surface area contributed by atoms with Gasteiger partial charge in [-0.3, -0.25) is 19.4 Å². The molecule has 2 fully saturated rings. The molecule has 3 heterocycles. The molecular weight excluding hydrogens is 310 g/mol. The van der Waals surface area contributed by atoms with Crippen LogP contribution in [0.15, 0.2) is 24.5 Å². The number of amides is 2. The maximum Gasteiger partial charge on any atom is 0.308 e. The van der Waals surface area contributed by atoms with Gasteiger partial charge in [0.1, 0.15) is 0 Å². The van der Waals surface area contributed by atoms with Crippen molar-refractivity contribution < 1.29 is 19.5 Å². The third kappa shape index (κ3) is 2.98. The quantitative estimate of drug-likeness (QED) is 0.889. The topological polar surface area (TPSA) is 90.8 Å². The Labute approximate surface area is 140 Å². The van der Waals surface area contributed by atoms with Gasteiger partial charge in [0.15, 0.2) is 0 Å². The first-order valence-electron chi connectivity index (χ1n) is 8.16. The molecule has 2 amide bonds. The molecule has 2 aliphatic rings. The summed E-state index contributed by atoms with van der Waals surface area (Å²) in [7, 11) is 1.70. The summed E-state index contributed by atoms with van der Waals surface area (Å²) >= 11 is 0. The molecule has 7 nitrogen and oxygen atoms in total. The summed E-state index contributed by atoms with van der Waals surface area (Å²) in [5.41, 5.74) is 0.830. The van der Waals surface area contributed by atoms with E-state index in [2.05, 4.69) is 4.98 Å². The lowest BCUT2D eigenvalue weighted by atomic mass is 9.91. The monoisotopic (exact) mass is 331 g/mol. The minimum atomic E-state index is -0.865. The largest absolute Gasteiger partial charge is 0.481 e. The zero-order chi connectivity index (χ0) is 17.3. The summed E-state index contributed by atoms with van der Waals surface area (Å²) in [4.78, 5) is 43.7. The average Bonchev–Trinajstić information content (AvgIpc) is 2.90. The molecule has 3 unspecified atom stereocenters. The predicted octanol–water partition coefficient (Wildman–Crippen LogP) is 0.924. The van der Waals surface area contributed by atoms with Crippen LogP contribution in [-0.4, -0.2) is 57.8 Å². The Hall–Kier alpha value is -2.44. The zero-order valence-corrected chi connectivity index (χ0v) is 13.6. The van der Waals surface area contributed by atoms with E-state index in [-0.39, 0.29) is 30.8 Å². The molecule has 1 aromatic rings. The Morgan fingerprint density at radius 3 is 2.83 bits per heavy atom. The number of aromatic nitrogens is 1. The molecule has 1 N–H and O–H groups in total. The molecule has 0 radical (unpaired) electrons. The third-order valence-electron chi connectivity index (χ3n) is 5.01. The number of carbonyl (C=O) groups excluding carboxylic acids is 2. The first-order chi connectivity index (χ1) is 11.5. The van der Waals surface area contributed by atoms with Crippen LogP contribution in [0.3, 0.4) is 0 Å². The van der Waals surface area contributed by atoms with E-state index in [0.717, 1.165) is 5.56 Å². The fourth-order valence-electron chi connectivity index (χ4n) is 3.71. The molecule has 128 valence electrons. The molecule has 0 aromatic carbocycles. The fraction of sp³-hybridized carbons (Fsp3) is 0.529. The molecule has 1 aromatic heterocycles. The van der Waals surface area contributed by atoms with Gasteiger partial charge in [-0.1, -0.05) is 6.07 Å². The number of likely N-dealkylation sites (tertiary alicyclic amines) is 2. The number of pyridine rings is 1. The number of hydrogen-bond donors (Lipinski definition) is 1. The SMILES string of the molecule is CN1C(=O)CC(C(=O)N2CCCC(C(=O)O)C2)C1c1cccnc1. The number of carbonyl (C=O) groups is 3. The molecule has 24 heavy (non-hydrogen) atoms. The fourth-order valence-corrected chi connectivity index (χ4v) is 3.71. The second-order valence-corrected chi connectivity index (χ2v) is 6.51. The Kier molecular flexibility index (Phi) is 4.51. The van der Waals surface area contributed by atoms with Gasteiger partial charge >= 0.3 is 5.97 Å². The van der Waals surface area contributed by atoms with Crippen LogP contribution in [0.5, 0.6) is 0 Å². The summed E-state index contributed by atoms with van der Waals surface area (Å²) < 4.78 is 0. The van der Waals surface area contributed by atoms with Crippen LogP contribution in [0, 0.1) is 11.8 Å². The van der Waals surface area contributed by atoms with Gasteiger partial charge in [0.2, 0.25) is 11.8 Å². The van der Waals surface area contributed by atoms with E-state index in [1.54, 1.807) is 35.3 Å². The van der Waals surface area contributed by atoms with Crippen molar-refractivity contribution in [3.8, 4) is 0 Å². The van der Waals surface area contributed by atoms with Crippen LogP contribution in [0.1, 0.15) is 30.9 Å². The number of carboxylic acids is 1. The molecule has 0 bridgehead atoms. The van der Waals surface area contributed by atoms with Crippen molar-refractivity contribution in [1.82, 2.24) is 14.8 Å². The average molecular weight is 331 g/mol. The van der Waals surface area contributed by atoms with Crippen LogP contribution >= 0.6 is 0 Å². The number of piperidine rings is 1. The van der Waals surface area contributed by atoms with E-state index >= 15 is 0 Å². The molecule has 7 heteroatoms. The van der Waals surface area contributed by atoms with E-state index in [9.17, 15) is 19.5 Å². The van der Waals surface area contributed by atoms with Crippen LogP contribution in [0.2, 0.25) is 0 Å². The van der Waals surface area contributed by atoms with E-state index in [1.807, 2.05) is 6.07 Å². The lowest BCUT2D eigenvalue weighted by Gasteiger charge is -2.34.